The lowest BCUT2D eigenvalue weighted by Gasteiger charge is -2.26. The SMILES string of the molecule is COC(=O)CCC(=O)N1CCNC(=O)C1. The average Bonchev–Trinajstić information content (AvgIpc) is 2.25. The summed E-state index contributed by atoms with van der Waals surface area (Å²) in [6, 6.07) is 0. The molecule has 1 fully saturated rings. The van der Waals surface area contributed by atoms with Crippen LogP contribution in [0, 0.1) is 0 Å². The van der Waals surface area contributed by atoms with E-state index in [1.165, 1.54) is 12.0 Å². The molecule has 0 aromatic heterocycles. The van der Waals surface area contributed by atoms with E-state index in [1.54, 1.807) is 0 Å². The Labute approximate surface area is 87.6 Å². The second-order valence-corrected chi connectivity index (χ2v) is 3.24. The molecule has 0 spiro atoms. The molecule has 0 unspecified atom stereocenters. The molecule has 1 aliphatic rings. The Bertz CT molecular complexity index is 277. The Morgan fingerprint density at radius 3 is 2.80 bits per heavy atom. The third kappa shape index (κ3) is 3.57. The minimum Gasteiger partial charge on any atom is -0.469 e. The van der Waals surface area contributed by atoms with Gasteiger partial charge in [-0.3, -0.25) is 14.4 Å². The molecule has 0 saturated carbocycles. The lowest BCUT2D eigenvalue weighted by Crippen LogP contribution is -2.50. The molecule has 1 saturated heterocycles. The lowest BCUT2D eigenvalue weighted by atomic mass is 10.2. The van der Waals surface area contributed by atoms with Gasteiger partial charge in [0.05, 0.1) is 20.1 Å². The number of ether oxygens (including phenoxy) is 1. The molecule has 1 N–H and O–H groups in total. The molecule has 6 nitrogen and oxygen atoms in total. The van der Waals surface area contributed by atoms with Gasteiger partial charge < -0.3 is 15.0 Å². The van der Waals surface area contributed by atoms with Crippen LogP contribution in [0.2, 0.25) is 0 Å². The summed E-state index contributed by atoms with van der Waals surface area (Å²) in [5.74, 6) is -0.757. The number of hydrogen-bond acceptors (Lipinski definition) is 4. The number of esters is 1. The van der Waals surface area contributed by atoms with E-state index in [2.05, 4.69) is 10.1 Å². The molecule has 0 radical (unpaired) electrons. The number of carbonyl (C=O) groups is 3. The quantitative estimate of drug-likeness (QED) is 0.605. The van der Waals surface area contributed by atoms with Crippen LogP contribution in [0.15, 0.2) is 0 Å². The predicted molar refractivity (Wildman–Crippen MR) is 50.8 cm³/mol. The van der Waals surface area contributed by atoms with Crippen LogP contribution >= 0.6 is 0 Å². The van der Waals surface area contributed by atoms with E-state index in [9.17, 15) is 14.4 Å². The number of carbonyl (C=O) groups excluding carboxylic acids is 3. The van der Waals surface area contributed by atoms with Crippen molar-refractivity contribution >= 4 is 17.8 Å². The van der Waals surface area contributed by atoms with Crippen LogP contribution in [0.5, 0.6) is 0 Å². The molecule has 6 heteroatoms. The molecule has 0 aliphatic carbocycles. The first kappa shape index (κ1) is 11.5. The maximum Gasteiger partial charge on any atom is 0.306 e. The molecule has 0 aromatic rings. The Hall–Kier alpha value is -1.59. The third-order valence-corrected chi connectivity index (χ3v) is 2.16. The van der Waals surface area contributed by atoms with Crippen LogP contribution in [0.1, 0.15) is 12.8 Å². The highest BCUT2D eigenvalue weighted by atomic mass is 16.5. The van der Waals surface area contributed by atoms with E-state index in [-0.39, 0.29) is 31.2 Å². The first-order chi connectivity index (χ1) is 7.13. The molecule has 2 amide bonds. The fraction of sp³-hybridized carbons (Fsp3) is 0.667. The highest BCUT2D eigenvalue weighted by molar-refractivity contribution is 5.87. The molecular weight excluding hydrogens is 200 g/mol. The van der Waals surface area contributed by atoms with Crippen molar-refractivity contribution in [2.24, 2.45) is 0 Å². The van der Waals surface area contributed by atoms with Crippen LogP contribution in [-0.4, -0.2) is 49.4 Å². The Morgan fingerprint density at radius 2 is 2.20 bits per heavy atom. The molecule has 1 heterocycles. The Morgan fingerprint density at radius 1 is 1.47 bits per heavy atom. The number of hydrogen-bond donors (Lipinski definition) is 1. The summed E-state index contributed by atoms with van der Waals surface area (Å²) in [4.78, 5) is 34.7. The van der Waals surface area contributed by atoms with Gasteiger partial charge in [-0.25, -0.2) is 0 Å². The minimum atomic E-state index is -0.412. The van der Waals surface area contributed by atoms with Crippen LogP contribution < -0.4 is 5.32 Å². The summed E-state index contributed by atoms with van der Waals surface area (Å²) in [6.07, 6.45) is 0.160. The molecule has 0 atom stereocenters. The van der Waals surface area contributed by atoms with E-state index in [4.69, 9.17) is 0 Å². The van der Waals surface area contributed by atoms with Gasteiger partial charge in [-0.2, -0.15) is 0 Å². The highest BCUT2D eigenvalue weighted by Gasteiger charge is 2.21. The highest BCUT2D eigenvalue weighted by Crippen LogP contribution is 2.01. The van der Waals surface area contributed by atoms with Gasteiger partial charge in [0, 0.05) is 19.5 Å². The van der Waals surface area contributed by atoms with Gasteiger partial charge in [-0.15, -0.1) is 0 Å². The van der Waals surface area contributed by atoms with Crippen molar-refractivity contribution in [1.82, 2.24) is 10.2 Å². The summed E-state index contributed by atoms with van der Waals surface area (Å²) < 4.78 is 4.42. The molecule has 15 heavy (non-hydrogen) atoms. The zero-order valence-corrected chi connectivity index (χ0v) is 8.62. The monoisotopic (exact) mass is 214 g/mol. The van der Waals surface area contributed by atoms with Crippen molar-refractivity contribution in [3.8, 4) is 0 Å². The summed E-state index contributed by atoms with van der Waals surface area (Å²) in [6.45, 7) is 1.06. The average molecular weight is 214 g/mol. The van der Waals surface area contributed by atoms with Crippen molar-refractivity contribution in [2.45, 2.75) is 12.8 Å². The van der Waals surface area contributed by atoms with E-state index in [0.717, 1.165) is 0 Å². The van der Waals surface area contributed by atoms with Crippen LogP contribution in [0.25, 0.3) is 0 Å². The molecule has 84 valence electrons. The van der Waals surface area contributed by atoms with E-state index in [1.807, 2.05) is 0 Å². The maximum atomic E-state index is 11.5. The van der Waals surface area contributed by atoms with Crippen molar-refractivity contribution in [1.29, 1.82) is 0 Å². The number of rotatable bonds is 3. The molecule has 0 aromatic carbocycles. The van der Waals surface area contributed by atoms with E-state index >= 15 is 0 Å². The van der Waals surface area contributed by atoms with Gasteiger partial charge in [-0.1, -0.05) is 0 Å². The topological polar surface area (TPSA) is 75.7 Å². The first-order valence-electron chi connectivity index (χ1n) is 4.75. The van der Waals surface area contributed by atoms with Gasteiger partial charge >= 0.3 is 5.97 Å². The first-order valence-corrected chi connectivity index (χ1v) is 4.75. The molecular formula is C9H14N2O4. The normalized spacial score (nSPS) is 15.8. The number of piperazine rings is 1. The van der Waals surface area contributed by atoms with E-state index < -0.39 is 5.97 Å². The largest absolute Gasteiger partial charge is 0.469 e. The summed E-state index contributed by atoms with van der Waals surface area (Å²) in [5.41, 5.74) is 0. The van der Waals surface area contributed by atoms with Crippen LogP contribution in [-0.2, 0) is 19.1 Å². The van der Waals surface area contributed by atoms with Crippen molar-refractivity contribution < 1.29 is 19.1 Å². The summed E-state index contributed by atoms with van der Waals surface area (Å²) in [5, 5.41) is 2.62. The molecule has 1 aliphatic heterocycles. The smallest absolute Gasteiger partial charge is 0.306 e. The van der Waals surface area contributed by atoms with Gasteiger partial charge in [0.25, 0.3) is 0 Å². The summed E-state index contributed by atoms with van der Waals surface area (Å²) >= 11 is 0. The van der Waals surface area contributed by atoms with Crippen molar-refractivity contribution in [2.75, 3.05) is 26.7 Å². The predicted octanol–water partition coefficient (Wildman–Crippen LogP) is -1.10. The van der Waals surface area contributed by atoms with Gasteiger partial charge in [0.15, 0.2) is 0 Å². The molecule has 1 rings (SSSR count). The zero-order chi connectivity index (χ0) is 11.3. The minimum absolute atomic E-state index is 0.0629. The van der Waals surface area contributed by atoms with Crippen LogP contribution in [0.3, 0.4) is 0 Å². The van der Waals surface area contributed by atoms with Crippen molar-refractivity contribution in [3.05, 3.63) is 0 Å². The van der Waals surface area contributed by atoms with E-state index in [0.29, 0.717) is 13.1 Å². The fourth-order valence-electron chi connectivity index (χ4n) is 1.32. The van der Waals surface area contributed by atoms with Crippen molar-refractivity contribution in [3.63, 3.8) is 0 Å². The number of methoxy groups -OCH3 is 1. The summed E-state index contributed by atoms with van der Waals surface area (Å²) in [7, 11) is 1.28. The maximum absolute atomic E-state index is 11.5. The second kappa shape index (κ2) is 5.33. The lowest BCUT2D eigenvalue weighted by molar-refractivity contribution is -0.144. The number of amides is 2. The van der Waals surface area contributed by atoms with Crippen LogP contribution in [0.4, 0.5) is 0 Å². The van der Waals surface area contributed by atoms with Gasteiger partial charge in [-0.05, 0) is 0 Å². The third-order valence-electron chi connectivity index (χ3n) is 2.16. The second-order valence-electron chi connectivity index (χ2n) is 3.24. The fourth-order valence-corrected chi connectivity index (χ4v) is 1.32. The number of nitrogens with one attached hydrogen (secondary N) is 1. The van der Waals surface area contributed by atoms with Gasteiger partial charge in [0.2, 0.25) is 11.8 Å². The zero-order valence-electron chi connectivity index (χ0n) is 8.62. The standard InChI is InChI=1S/C9H14N2O4/c1-15-9(14)3-2-8(13)11-5-4-10-7(12)6-11/h2-6H2,1H3,(H,10,12). The molecule has 0 bridgehead atoms. The van der Waals surface area contributed by atoms with Gasteiger partial charge in [0.1, 0.15) is 0 Å². The number of nitrogens with zero attached hydrogens (tertiary/aromatic N) is 1. The Balaban J connectivity index is 2.33. The Kier molecular flexibility index (Phi) is 4.08.